The quantitative estimate of drug-likeness (QED) is 0.798. The average Bonchev–Trinajstić information content (AvgIpc) is 3.10. The standard InChI is InChI=1S/C19H16FN3O2/c20-15-6-7-17-13(11-15)10-14(12-25-17)19(24)22-18-8-9-21-23(18)16-4-2-1-3-5-16/h1-9,11,14H,10,12H2,(H,22,24). The molecule has 0 bridgehead atoms. The van der Waals surface area contributed by atoms with E-state index in [1.54, 1.807) is 23.0 Å². The number of ether oxygens (including phenoxy) is 1. The van der Waals surface area contributed by atoms with E-state index < -0.39 is 0 Å². The van der Waals surface area contributed by atoms with Crippen molar-refractivity contribution in [3.05, 3.63) is 72.2 Å². The molecule has 0 aliphatic carbocycles. The zero-order valence-electron chi connectivity index (χ0n) is 13.4. The van der Waals surface area contributed by atoms with Crippen molar-refractivity contribution in [1.82, 2.24) is 9.78 Å². The predicted molar refractivity (Wildman–Crippen MR) is 91.3 cm³/mol. The van der Waals surface area contributed by atoms with Crippen LogP contribution in [-0.4, -0.2) is 22.3 Å². The summed E-state index contributed by atoms with van der Waals surface area (Å²) >= 11 is 0. The van der Waals surface area contributed by atoms with Gasteiger partial charge in [0.1, 0.15) is 24.0 Å². The largest absolute Gasteiger partial charge is 0.492 e. The van der Waals surface area contributed by atoms with Crippen LogP contribution >= 0.6 is 0 Å². The van der Waals surface area contributed by atoms with Gasteiger partial charge in [-0.05, 0) is 42.3 Å². The number of para-hydroxylation sites is 1. The molecule has 1 unspecified atom stereocenters. The van der Waals surface area contributed by atoms with E-state index in [-0.39, 0.29) is 24.2 Å². The van der Waals surface area contributed by atoms with E-state index in [1.165, 1.54) is 12.1 Å². The normalized spacial score (nSPS) is 16.0. The summed E-state index contributed by atoms with van der Waals surface area (Å²) in [7, 11) is 0. The van der Waals surface area contributed by atoms with Crippen molar-refractivity contribution in [3.8, 4) is 11.4 Å². The second kappa shape index (κ2) is 6.39. The summed E-state index contributed by atoms with van der Waals surface area (Å²) in [5, 5.41) is 7.15. The fraction of sp³-hybridized carbons (Fsp3) is 0.158. The van der Waals surface area contributed by atoms with E-state index in [9.17, 15) is 9.18 Å². The van der Waals surface area contributed by atoms with Crippen LogP contribution < -0.4 is 10.1 Å². The smallest absolute Gasteiger partial charge is 0.232 e. The van der Waals surface area contributed by atoms with Crippen LogP contribution in [0.2, 0.25) is 0 Å². The summed E-state index contributed by atoms with van der Waals surface area (Å²) in [6.07, 6.45) is 2.07. The Labute approximate surface area is 144 Å². The van der Waals surface area contributed by atoms with E-state index >= 15 is 0 Å². The third kappa shape index (κ3) is 3.10. The number of nitrogens with one attached hydrogen (secondary N) is 1. The molecule has 1 aliphatic heterocycles. The maximum Gasteiger partial charge on any atom is 0.232 e. The Bertz CT molecular complexity index is 908. The van der Waals surface area contributed by atoms with Crippen LogP contribution in [0.1, 0.15) is 5.56 Å². The highest BCUT2D eigenvalue weighted by Crippen LogP contribution is 2.28. The molecule has 1 atom stereocenters. The first-order valence-electron chi connectivity index (χ1n) is 8.02. The van der Waals surface area contributed by atoms with E-state index in [0.717, 1.165) is 5.69 Å². The van der Waals surface area contributed by atoms with Crippen molar-refractivity contribution >= 4 is 11.7 Å². The summed E-state index contributed by atoms with van der Waals surface area (Å²) in [6.45, 7) is 0.268. The summed E-state index contributed by atoms with van der Waals surface area (Å²) in [4.78, 5) is 12.6. The highest BCUT2D eigenvalue weighted by molar-refractivity contribution is 5.92. The lowest BCUT2D eigenvalue weighted by Crippen LogP contribution is -2.33. The molecule has 6 heteroatoms. The number of carbonyl (C=O) groups excluding carboxylic acids is 1. The lowest BCUT2D eigenvalue weighted by atomic mass is 9.96. The first-order chi connectivity index (χ1) is 12.2. The van der Waals surface area contributed by atoms with Gasteiger partial charge < -0.3 is 10.1 Å². The van der Waals surface area contributed by atoms with Gasteiger partial charge in [-0.25, -0.2) is 9.07 Å². The molecule has 0 saturated heterocycles. The topological polar surface area (TPSA) is 56.2 Å². The number of benzene rings is 2. The van der Waals surface area contributed by atoms with Crippen LogP contribution in [0.15, 0.2) is 60.8 Å². The van der Waals surface area contributed by atoms with Crippen molar-refractivity contribution < 1.29 is 13.9 Å². The number of amides is 1. The summed E-state index contributed by atoms with van der Waals surface area (Å²) in [5.41, 5.74) is 1.57. The molecule has 2 heterocycles. The van der Waals surface area contributed by atoms with Crippen molar-refractivity contribution in [2.24, 2.45) is 5.92 Å². The SMILES string of the molecule is O=C(Nc1ccnn1-c1ccccc1)C1COc2ccc(F)cc2C1. The monoisotopic (exact) mass is 337 g/mol. The van der Waals surface area contributed by atoms with Gasteiger partial charge in [0, 0.05) is 6.07 Å². The van der Waals surface area contributed by atoms with Gasteiger partial charge in [0.25, 0.3) is 0 Å². The van der Waals surface area contributed by atoms with Crippen molar-refractivity contribution in [1.29, 1.82) is 0 Å². The Morgan fingerprint density at radius 2 is 2.04 bits per heavy atom. The number of fused-ring (bicyclic) bond motifs is 1. The first-order valence-corrected chi connectivity index (χ1v) is 8.02. The summed E-state index contributed by atoms with van der Waals surface area (Å²) in [5.74, 6) is 0.340. The van der Waals surface area contributed by atoms with Gasteiger partial charge in [0.05, 0.1) is 17.8 Å². The molecule has 0 fully saturated rings. The highest BCUT2D eigenvalue weighted by atomic mass is 19.1. The zero-order valence-corrected chi connectivity index (χ0v) is 13.4. The van der Waals surface area contributed by atoms with E-state index in [4.69, 9.17) is 4.74 Å². The molecule has 0 saturated carbocycles. The van der Waals surface area contributed by atoms with Crippen molar-refractivity contribution in [2.45, 2.75) is 6.42 Å². The molecule has 126 valence electrons. The van der Waals surface area contributed by atoms with Crippen LogP contribution in [0.5, 0.6) is 5.75 Å². The van der Waals surface area contributed by atoms with Crippen molar-refractivity contribution in [3.63, 3.8) is 0 Å². The second-order valence-corrected chi connectivity index (χ2v) is 5.92. The van der Waals surface area contributed by atoms with E-state index in [1.807, 2.05) is 30.3 Å². The predicted octanol–water partition coefficient (Wildman–Crippen LogP) is 3.20. The number of anilines is 1. The third-order valence-corrected chi connectivity index (χ3v) is 4.19. The van der Waals surface area contributed by atoms with Crippen LogP contribution in [0, 0.1) is 11.7 Å². The zero-order chi connectivity index (χ0) is 17.2. The van der Waals surface area contributed by atoms with Crippen LogP contribution in [-0.2, 0) is 11.2 Å². The van der Waals surface area contributed by atoms with Gasteiger partial charge >= 0.3 is 0 Å². The molecule has 2 aromatic carbocycles. The Hall–Kier alpha value is -3.15. The molecule has 0 radical (unpaired) electrons. The Morgan fingerprint density at radius 3 is 2.88 bits per heavy atom. The highest BCUT2D eigenvalue weighted by Gasteiger charge is 2.27. The minimum absolute atomic E-state index is 0.174. The molecule has 1 aromatic heterocycles. The number of aromatic nitrogens is 2. The van der Waals surface area contributed by atoms with Gasteiger partial charge in [-0.2, -0.15) is 5.10 Å². The number of carbonyl (C=O) groups is 1. The fourth-order valence-electron chi connectivity index (χ4n) is 2.93. The van der Waals surface area contributed by atoms with E-state index in [0.29, 0.717) is 23.6 Å². The molecule has 25 heavy (non-hydrogen) atoms. The van der Waals surface area contributed by atoms with Crippen LogP contribution in [0.4, 0.5) is 10.2 Å². The van der Waals surface area contributed by atoms with Crippen molar-refractivity contribution in [2.75, 3.05) is 11.9 Å². The number of hydrogen-bond donors (Lipinski definition) is 1. The molecule has 0 spiro atoms. The van der Waals surface area contributed by atoms with Gasteiger partial charge in [-0.15, -0.1) is 0 Å². The fourth-order valence-corrected chi connectivity index (χ4v) is 2.93. The van der Waals surface area contributed by atoms with Crippen LogP contribution in [0.3, 0.4) is 0 Å². The minimum Gasteiger partial charge on any atom is -0.492 e. The number of nitrogens with zero attached hydrogens (tertiary/aromatic N) is 2. The second-order valence-electron chi connectivity index (χ2n) is 5.92. The first kappa shape index (κ1) is 15.4. The number of rotatable bonds is 3. The number of halogens is 1. The minimum atomic E-state index is -0.381. The molecule has 1 aliphatic rings. The molecular weight excluding hydrogens is 321 g/mol. The maximum absolute atomic E-state index is 13.4. The molecule has 5 nitrogen and oxygen atoms in total. The molecule has 1 N–H and O–H groups in total. The third-order valence-electron chi connectivity index (χ3n) is 4.19. The van der Waals surface area contributed by atoms with E-state index in [2.05, 4.69) is 10.4 Å². The van der Waals surface area contributed by atoms with Gasteiger partial charge in [0.2, 0.25) is 5.91 Å². The van der Waals surface area contributed by atoms with Gasteiger partial charge in [-0.3, -0.25) is 4.79 Å². The molecule has 1 amide bonds. The van der Waals surface area contributed by atoms with Gasteiger partial charge in [0.15, 0.2) is 0 Å². The Morgan fingerprint density at radius 1 is 1.20 bits per heavy atom. The van der Waals surface area contributed by atoms with Gasteiger partial charge in [-0.1, -0.05) is 18.2 Å². The Kier molecular flexibility index (Phi) is 3.93. The molecule has 4 rings (SSSR count). The average molecular weight is 337 g/mol. The summed E-state index contributed by atoms with van der Waals surface area (Å²) in [6, 6.07) is 15.7. The lowest BCUT2D eigenvalue weighted by molar-refractivity contribution is -0.121. The summed E-state index contributed by atoms with van der Waals surface area (Å²) < 4.78 is 20.7. The lowest BCUT2D eigenvalue weighted by Gasteiger charge is -2.24. The molecule has 3 aromatic rings. The van der Waals surface area contributed by atoms with Crippen LogP contribution in [0.25, 0.3) is 5.69 Å². The maximum atomic E-state index is 13.4. The molecular formula is C19H16FN3O2. The Balaban J connectivity index is 1.51. The number of hydrogen-bond acceptors (Lipinski definition) is 3.